The third-order valence-electron chi connectivity index (χ3n) is 7.54. The first-order valence-corrected chi connectivity index (χ1v) is 14.7. The highest BCUT2D eigenvalue weighted by atomic mass is 32.1. The quantitative estimate of drug-likeness (QED) is 0.342. The molecule has 0 radical (unpaired) electrons. The summed E-state index contributed by atoms with van der Waals surface area (Å²) in [5.41, 5.74) is 4.39. The average Bonchev–Trinajstić information content (AvgIpc) is 3.50. The topological polar surface area (TPSA) is 87.0 Å². The van der Waals surface area contributed by atoms with Gasteiger partial charge in [-0.3, -0.25) is 19.3 Å². The van der Waals surface area contributed by atoms with Crippen molar-refractivity contribution in [3.63, 3.8) is 0 Å². The number of hydrogen-bond donors (Lipinski definition) is 1. The van der Waals surface area contributed by atoms with E-state index in [4.69, 9.17) is 4.99 Å². The number of rotatable bonds is 7. The highest BCUT2D eigenvalue weighted by Gasteiger charge is 2.37. The van der Waals surface area contributed by atoms with Gasteiger partial charge in [0.25, 0.3) is 11.8 Å². The predicted octanol–water partition coefficient (Wildman–Crippen LogP) is 4.10. The molecule has 208 valence electrons. The summed E-state index contributed by atoms with van der Waals surface area (Å²) in [5, 5.41) is 5.24. The molecule has 6 rings (SSSR count). The van der Waals surface area contributed by atoms with E-state index in [-0.39, 0.29) is 24.3 Å². The van der Waals surface area contributed by atoms with Gasteiger partial charge < -0.3 is 14.8 Å². The SMILES string of the molecule is Cc1cccc(N=c2scc(CN3C(=O)c4ccccc4C3=O)n2[C@@H](Cc2ccccc2)C(=O)N2CCNCC2)c1. The number of aromatic nitrogens is 1. The lowest BCUT2D eigenvalue weighted by molar-refractivity contribution is -0.135. The van der Waals surface area contributed by atoms with Crippen molar-refractivity contribution in [3.8, 4) is 0 Å². The molecule has 3 heterocycles. The molecule has 0 aliphatic carbocycles. The molecule has 0 bridgehead atoms. The molecule has 0 saturated carbocycles. The molecule has 0 unspecified atom stereocenters. The van der Waals surface area contributed by atoms with E-state index in [1.807, 2.05) is 76.4 Å². The lowest BCUT2D eigenvalue weighted by Crippen LogP contribution is -2.50. The summed E-state index contributed by atoms with van der Waals surface area (Å²) < 4.78 is 1.95. The summed E-state index contributed by atoms with van der Waals surface area (Å²) in [6.45, 7) is 4.77. The molecular formula is C32H31N5O3S. The van der Waals surface area contributed by atoms with Gasteiger partial charge in [0, 0.05) is 38.0 Å². The van der Waals surface area contributed by atoms with E-state index in [0.29, 0.717) is 41.1 Å². The molecule has 8 nitrogen and oxygen atoms in total. The number of carbonyl (C=O) groups is 3. The highest BCUT2D eigenvalue weighted by molar-refractivity contribution is 7.07. The lowest BCUT2D eigenvalue weighted by Gasteiger charge is -2.32. The van der Waals surface area contributed by atoms with Crippen molar-refractivity contribution in [3.05, 3.63) is 117 Å². The van der Waals surface area contributed by atoms with Gasteiger partial charge >= 0.3 is 0 Å². The van der Waals surface area contributed by atoms with Crippen LogP contribution in [0.3, 0.4) is 0 Å². The number of imide groups is 1. The second-order valence-electron chi connectivity index (χ2n) is 10.4. The summed E-state index contributed by atoms with van der Waals surface area (Å²) in [5.74, 6) is -0.648. The van der Waals surface area contributed by atoms with Crippen LogP contribution in [0, 0.1) is 6.92 Å². The Morgan fingerprint density at radius 3 is 2.29 bits per heavy atom. The van der Waals surface area contributed by atoms with Gasteiger partial charge in [-0.2, -0.15) is 0 Å². The van der Waals surface area contributed by atoms with Crippen molar-refractivity contribution < 1.29 is 14.4 Å². The largest absolute Gasteiger partial charge is 0.338 e. The van der Waals surface area contributed by atoms with Crippen LogP contribution in [0.2, 0.25) is 0 Å². The molecular weight excluding hydrogens is 534 g/mol. The zero-order valence-electron chi connectivity index (χ0n) is 22.8. The van der Waals surface area contributed by atoms with Crippen LogP contribution in [-0.2, 0) is 17.8 Å². The highest BCUT2D eigenvalue weighted by Crippen LogP contribution is 2.27. The first-order chi connectivity index (χ1) is 20.0. The Hall–Kier alpha value is -4.34. The van der Waals surface area contributed by atoms with E-state index < -0.39 is 6.04 Å². The van der Waals surface area contributed by atoms with E-state index in [9.17, 15) is 14.4 Å². The third-order valence-corrected chi connectivity index (χ3v) is 8.43. The van der Waals surface area contributed by atoms with Gasteiger partial charge in [0.1, 0.15) is 6.04 Å². The van der Waals surface area contributed by atoms with Crippen molar-refractivity contribution in [2.45, 2.75) is 25.9 Å². The van der Waals surface area contributed by atoms with Crippen molar-refractivity contribution >= 4 is 34.7 Å². The average molecular weight is 566 g/mol. The Kier molecular flexibility index (Phi) is 7.63. The van der Waals surface area contributed by atoms with Crippen LogP contribution in [-0.4, -0.2) is 58.3 Å². The number of carbonyl (C=O) groups excluding carboxylic acids is 3. The Morgan fingerprint density at radius 1 is 0.927 bits per heavy atom. The van der Waals surface area contributed by atoms with Gasteiger partial charge in [0.05, 0.1) is 29.1 Å². The fourth-order valence-electron chi connectivity index (χ4n) is 5.46. The zero-order valence-corrected chi connectivity index (χ0v) is 23.6. The molecule has 0 spiro atoms. The van der Waals surface area contributed by atoms with E-state index in [0.717, 1.165) is 29.9 Å². The van der Waals surface area contributed by atoms with Gasteiger partial charge in [-0.05, 0) is 42.3 Å². The van der Waals surface area contributed by atoms with Gasteiger partial charge in [-0.15, -0.1) is 11.3 Å². The van der Waals surface area contributed by atoms with Gasteiger partial charge in [-0.25, -0.2) is 4.99 Å². The van der Waals surface area contributed by atoms with Crippen LogP contribution in [0.25, 0.3) is 0 Å². The molecule has 3 aromatic carbocycles. The molecule has 2 aliphatic heterocycles. The van der Waals surface area contributed by atoms with Crippen molar-refractivity contribution in [1.82, 2.24) is 19.7 Å². The van der Waals surface area contributed by atoms with Gasteiger partial charge in [0.15, 0.2) is 4.80 Å². The molecule has 2 aliphatic rings. The molecule has 3 amide bonds. The number of nitrogens with one attached hydrogen (secondary N) is 1. The van der Waals surface area contributed by atoms with E-state index in [1.165, 1.54) is 16.2 Å². The van der Waals surface area contributed by atoms with E-state index in [1.54, 1.807) is 24.3 Å². The van der Waals surface area contributed by atoms with Crippen molar-refractivity contribution in [2.24, 2.45) is 4.99 Å². The minimum absolute atomic E-state index is 0.00283. The molecule has 4 aromatic rings. The van der Waals surface area contributed by atoms with Crippen molar-refractivity contribution in [1.29, 1.82) is 0 Å². The number of amides is 3. The van der Waals surface area contributed by atoms with Crippen LogP contribution < -0.4 is 10.1 Å². The number of thiazole rings is 1. The standard InChI is InChI=1S/C32H31N5O3S/c1-22-8-7-11-24(18-22)34-32-37(25(21-41-32)20-36-29(38)26-12-5-6-13-27(26)30(36)39)28(19-23-9-3-2-4-10-23)31(40)35-16-14-33-15-17-35/h2-13,18,21,28,33H,14-17,19-20H2,1H3/t28-/m0/s1. The Bertz CT molecular complexity index is 1630. The second-order valence-corrected chi connectivity index (χ2v) is 11.2. The maximum absolute atomic E-state index is 14.2. The Balaban J connectivity index is 1.47. The number of piperazine rings is 1. The maximum atomic E-state index is 14.2. The smallest absolute Gasteiger partial charge is 0.261 e. The Labute approximate surface area is 242 Å². The molecule has 9 heteroatoms. The van der Waals surface area contributed by atoms with Gasteiger partial charge in [-0.1, -0.05) is 54.6 Å². The lowest BCUT2D eigenvalue weighted by atomic mass is 10.0. The summed E-state index contributed by atoms with van der Waals surface area (Å²) in [6.07, 6.45) is 0.455. The molecule has 1 atom stereocenters. The van der Waals surface area contributed by atoms with Crippen LogP contribution in [0.5, 0.6) is 0 Å². The van der Waals surface area contributed by atoms with Crippen LogP contribution in [0.15, 0.2) is 89.2 Å². The molecule has 1 fully saturated rings. The number of aryl methyl sites for hydroxylation is 1. The maximum Gasteiger partial charge on any atom is 0.261 e. The van der Waals surface area contributed by atoms with Crippen LogP contribution >= 0.6 is 11.3 Å². The molecule has 1 N–H and O–H groups in total. The number of fused-ring (bicyclic) bond motifs is 1. The third kappa shape index (κ3) is 5.51. The summed E-state index contributed by atoms with van der Waals surface area (Å²) in [6, 6.07) is 24.1. The predicted molar refractivity (Wildman–Crippen MR) is 158 cm³/mol. The Morgan fingerprint density at radius 2 is 1.61 bits per heavy atom. The first kappa shape index (κ1) is 26.9. The second kappa shape index (κ2) is 11.6. The van der Waals surface area contributed by atoms with E-state index in [2.05, 4.69) is 5.32 Å². The molecule has 41 heavy (non-hydrogen) atoms. The number of benzene rings is 3. The summed E-state index contributed by atoms with van der Waals surface area (Å²) >= 11 is 1.41. The monoisotopic (exact) mass is 565 g/mol. The van der Waals surface area contributed by atoms with Gasteiger partial charge in [0.2, 0.25) is 5.91 Å². The molecule has 1 saturated heterocycles. The minimum atomic E-state index is -0.601. The number of nitrogens with zero attached hydrogens (tertiary/aromatic N) is 4. The zero-order chi connectivity index (χ0) is 28.3. The van der Waals surface area contributed by atoms with Crippen molar-refractivity contribution in [2.75, 3.05) is 26.2 Å². The minimum Gasteiger partial charge on any atom is -0.338 e. The molecule has 1 aromatic heterocycles. The van der Waals surface area contributed by atoms with E-state index >= 15 is 0 Å². The normalized spacial score (nSPS) is 16.3. The van der Waals surface area contributed by atoms with Crippen LogP contribution in [0.1, 0.15) is 43.6 Å². The summed E-state index contributed by atoms with van der Waals surface area (Å²) in [4.78, 5) is 49.6. The fourth-order valence-corrected chi connectivity index (χ4v) is 6.41. The van der Waals surface area contributed by atoms with Crippen LogP contribution in [0.4, 0.5) is 5.69 Å². The first-order valence-electron chi connectivity index (χ1n) is 13.8. The fraction of sp³-hybridized carbons (Fsp3) is 0.250. The summed E-state index contributed by atoms with van der Waals surface area (Å²) in [7, 11) is 0. The number of hydrogen-bond acceptors (Lipinski definition) is 6.